The zero-order valence-electron chi connectivity index (χ0n) is 9.68. The highest BCUT2D eigenvalue weighted by Gasteiger charge is 2.03. The van der Waals surface area contributed by atoms with Crippen molar-refractivity contribution in [1.82, 2.24) is 4.98 Å². The molecular formula is C15H12N2O. The molecule has 0 saturated heterocycles. The third kappa shape index (κ3) is 1.76. The molecule has 88 valence electrons. The van der Waals surface area contributed by atoms with Crippen LogP contribution in [-0.4, -0.2) is 4.98 Å². The summed E-state index contributed by atoms with van der Waals surface area (Å²) in [5.74, 6) is 0. The molecule has 0 fully saturated rings. The molecule has 0 saturated carbocycles. The molecule has 2 aromatic carbocycles. The number of hydrogen-bond acceptors (Lipinski definition) is 2. The van der Waals surface area contributed by atoms with E-state index < -0.39 is 0 Å². The summed E-state index contributed by atoms with van der Waals surface area (Å²) in [5.41, 5.74) is 8.99. The van der Waals surface area contributed by atoms with Gasteiger partial charge in [-0.05, 0) is 29.8 Å². The van der Waals surface area contributed by atoms with Gasteiger partial charge < -0.3 is 10.7 Å². The molecule has 18 heavy (non-hydrogen) atoms. The second-order valence-electron chi connectivity index (χ2n) is 4.21. The van der Waals surface area contributed by atoms with Crippen LogP contribution in [0.2, 0.25) is 0 Å². The largest absolute Gasteiger partial charge is 0.399 e. The Morgan fingerprint density at radius 1 is 0.944 bits per heavy atom. The highest BCUT2D eigenvalue weighted by Crippen LogP contribution is 2.19. The number of rotatable bonds is 1. The van der Waals surface area contributed by atoms with Crippen molar-refractivity contribution in [2.24, 2.45) is 0 Å². The molecule has 3 rings (SSSR count). The lowest BCUT2D eigenvalue weighted by Gasteiger charge is -2.04. The first-order chi connectivity index (χ1) is 8.74. The van der Waals surface area contributed by atoms with Crippen LogP contribution in [0, 0.1) is 0 Å². The normalized spacial score (nSPS) is 10.7. The molecule has 0 aliphatic carbocycles. The van der Waals surface area contributed by atoms with Crippen molar-refractivity contribution in [3.8, 4) is 11.3 Å². The van der Waals surface area contributed by atoms with Gasteiger partial charge in [0.15, 0.2) is 5.43 Å². The molecule has 0 aliphatic rings. The number of nitrogens with two attached hydrogens (primary N) is 1. The first-order valence-corrected chi connectivity index (χ1v) is 5.72. The fourth-order valence-corrected chi connectivity index (χ4v) is 2.02. The monoisotopic (exact) mass is 236 g/mol. The number of nitrogen functional groups attached to an aromatic ring is 1. The Morgan fingerprint density at radius 3 is 2.44 bits per heavy atom. The number of aromatic amines is 1. The summed E-state index contributed by atoms with van der Waals surface area (Å²) in [6, 6.07) is 16.5. The Kier molecular flexibility index (Phi) is 2.38. The third-order valence-electron chi connectivity index (χ3n) is 2.96. The standard InChI is InChI=1S/C15H12N2O/c16-11-7-5-10(6-8-11)14-9-15(18)12-3-1-2-4-13(12)17-14/h1-9H,16H2,(H,17,18). The molecule has 0 bridgehead atoms. The minimum atomic E-state index is 0.0242. The molecule has 1 aromatic heterocycles. The summed E-state index contributed by atoms with van der Waals surface area (Å²) >= 11 is 0. The summed E-state index contributed by atoms with van der Waals surface area (Å²) in [7, 11) is 0. The quantitative estimate of drug-likeness (QED) is 0.638. The van der Waals surface area contributed by atoms with Crippen molar-refractivity contribution in [3.63, 3.8) is 0 Å². The van der Waals surface area contributed by atoms with E-state index in [0.717, 1.165) is 16.8 Å². The lowest BCUT2D eigenvalue weighted by atomic mass is 10.1. The van der Waals surface area contributed by atoms with Crippen LogP contribution >= 0.6 is 0 Å². The Hall–Kier alpha value is -2.55. The van der Waals surface area contributed by atoms with Gasteiger partial charge in [0.2, 0.25) is 0 Å². The number of pyridine rings is 1. The average molecular weight is 236 g/mol. The van der Waals surface area contributed by atoms with E-state index in [9.17, 15) is 4.79 Å². The van der Waals surface area contributed by atoms with Crippen LogP contribution in [0.5, 0.6) is 0 Å². The zero-order valence-corrected chi connectivity index (χ0v) is 9.68. The van der Waals surface area contributed by atoms with Crippen LogP contribution in [0.25, 0.3) is 22.2 Å². The van der Waals surface area contributed by atoms with Crippen molar-refractivity contribution >= 4 is 16.6 Å². The summed E-state index contributed by atoms with van der Waals surface area (Å²) in [6.45, 7) is 0. The summed E-state index contributed by atoms with van der Waals surface area (Å²) in [5, 5.41) is 0.705. The van der Waals surface area contributed by atoms with E-state index in [2.05, 4.69) is 4.98 Å². The van der Waals surface area contributed by atoms with Gasteiger partial charge in [0, 0.05) is 28.4 Å². The van der Waals surface area contributed by atoms with Crippen LogP contribution in [0.1, 0.15) is 0 Å². The van der Waals surface area contributed by atoms with Crippen molar-refractivity contribution in [2.45, 2.75) is 0 Å². The maximum absolute atomic E-state index is 12.0. The van der Waals surface area contributed by atoms with E-state index in [0.29, 0.717) is 11.1 Å². The zero-order chi connectivity index (χ0) is 12.5. The molecular weight excluding hydrogens is 224 g/mol. The van der Waals surface area contributed by atoms with Gasteiger partial charge in [0.05, 0.1) is 0 Å². The predicted molar refractivity (Wildman–Crippen MR) is 74.4 cm³/mol. The summed E-state index contributed by atoms with van der Waals surface area (Å²) in [6.07, 6.45) is 0. The van der Waals surface area contributed by atoms with Crippen LogP contribution < -0.4 is 11.2 Å². The number of hydrogen-bond donors (Lipinski definition) is 2. The molecule has 3 N–H and O–H groups in total. The van der Waals surface area contributed by atoms with Gasteiger partial charge in [-0.15, -0.1) is 0 Å². The third-order valence-corrected chi connectivity index (χ3v) is 2.96. The summed E-state index contributed by atoms with van der Waals surface area (Å²) in [4.78, 5) is 15.3. The minimum absolute atomic E-state index is 0.0242. The molecule has 0 atom stereocenters. The topological polar surface area (TPSA) is 58.9 Å². The van der Waals surface area contributed by atoms with Gasteiger partial charge in [-0.2, -0.15) is 0 Å². The lowest BCUT2D eigenvalue weighted by Crippen LogP contribution is -2.02. The highest BCUT2D eigenvalue weighted by atomic mass is 16.1. The number of anilines is 1. The molecule has 0 spiro atoms. The maximum Gasteiger partial charge on any atom is 0.190 e. The number of fused-ring (bicyclic) bond motifs is 1. The lowest BCUT2D eigenvalue weighted by molar-refractivity contribution is 1.38. The highest BCUT2D eigenvalue weighted by molar-refractivity contribution is 5.81. The molecule has 0 radical (unpaired) electrons. The average Bonchev–Trinajstić information content (AvgIpc) is 2.39. The van der Waals surface area contributed by atoms with Crippen LogP contribution in [0.3, 0.4) is 0 Å². The number of H-pyrrole nitrogens is 1. The van der Waals surface area contributed by atoms with Gasteiger partial charge >= 0.3 is 0 Å². The van der Waals surface area contributed by atoms with Crippen molar-refractivity contribution in [1.29, 1.82) is 0 Å². The van der Waals surface area contributed by atoms with E-state index in [-0.39, 0.29) is 5.43 Å². The molecule has 0 aliphatic heterocycles. The predicted octanol–water partition coefficient (Wildman–Crippen LogP) is 2.78. The van der Waals surface area contributed by atoms with Gasteiger partial charge in [0.25, 0.3) is 0 Å². The van der Waals surface area contributed by atoms with Crippen molar-refractivity contribution in [3.05, 3.63) is 64.8 Å². The van der Waals surface area contributed by atoms with Gasteiger partial charge in [-0.3, -0.25) is 4.79 Å². The Labute approximate surface area is 104 Å². The first-order valence-electron chi connectivity index (χ1n) is 5.72. The van der Waals surface area contributed by atoms with Gasteiger partial charge in [-0.1, -0.05) is 24.3 Å². The minimum Gasteiger partial charge on any atom is -0.399 e. The Bertz CT molecular complexity index is 757. The Morgan fingerprint density at radius 2 is 1.67 bits per heavy atom. The second kappa shape index (κ2) is 4.04. The second-order valence-corrected chi connectivity index (χ2v) is 4.21. The number of aromatic nitrogens is 1. The van der Waals surface area contributed by atoms with Crippen LogP contribution in [0.4, 0.5) is 5.69 Å². The molecule has 1 heterocycles. The number of benzene rings is 2. The molecule has 3 heteroatoms. The van der Waals surface area contributed by atoms with Crippen LogP contribution in [-0.2, 0) is 0 Å². The smallest absolute Gasteiger partial charge is 0.190 e. The SMILES string of the molecule is Nc1ccc(-c2cc(=O)c3ccccc3[nH]2)cc1. The van der Waals surface area contributed by atoms with E-state index in [1.165, 1.54) is 0 Å². The van der Waals surface area contributed by atoms with E-state index in [1.807, 2.05) is 48.5 Å². The van der Waals surface area contributed by atoms with Crippen molar-refractivity contribution in [2.75, 3.05) is 5.73 Å². The fourth-order valence-electron chi connectivity index (χ4n) is 2.02. The number of para-hydroxylation sites is 1. The molecule has 3 aromatic rings. The van der Waals surface area contributed by atoms with E-state index in [4.69, 9.17) is 5.73 Å². The van der Waals surface area contributed by atoms with E-state index >= 15 is 0 Å². The molecule has 0 unspecified atom stereocenters. The first kappa shape index (κ1) is 10.6. The molecule has 3 nitrogen and oxygen atoms in total. The maximum atomic E-state index is 12.0. The van der Waals surface area contributed by atoms with Crippen molar-refractivity contribution < 1.29 is 0 Å². The van der Waals surface area contributed by atoms with E-state index in [1.54, 1.807) is 6.07 Å². The van der Waals surface area contributed by atoms with Gasteiger partial charge in [-0.25, -0.2) is 0 Å². The molecule has 0 amide bonds. The van der Waals surface area contributed by atoms with Gasteiger partial charge in [0.1, 0.15) is 0 Å². The Balaban J connectivity index is 2.24. The fraction of sp³-hybridized carbons (Fsp3) is 0. The van der Waals surface area contributed by atoms with Crippen LogP contribution in [0.15, 0.2) is 59.4 Å². The summed E-state index contributed by atoms with van der Waals surface area (Å²) < 4.78 is 0. The number of nitrogens with one attached hydrogen (secondary N) is 1.